The fourth-order valence-corrected chi connectivity index (χ4v) is 2.62. The van der Waals surface area contributed by atoms with Crippen LogP contribution in [0.2, 0.25) is 0 Å². The standard InChI is InChI=1S/C15H18N4O3S.ClH/c1-9-3-4-12(22-2)10(5-9)11-8-23-15(18-11)19-14(21)7-17-13(20)6-16;/h3-5,8H,6-7,16H2,1-2H3,(H,17,20)(H,18,19,21);1H. The molecule has 0 fully saturated rings. The van der Waals surface area contributed by atoms with Crippen molar-refractivity contribution in [2.45, 2.75) is 6.92 Å². The number of nitrogens with one attached hydrogen (secondary N) is 2. The Kier molecular flexibility index (Phi) is 7.63. The molecule has 0 spiro atoms. The summed E-state index contributed by atoms with van der Waals surface area (Å²) in [5, 5.41) is 7.33. The first-order valence-electron chi connectivity index (χ1n) is 6.90. The van der Waals surface area contributed by atoms with Crippen LogP contribution in [0.25, 0.3) is 11.3 Å². The van der Waals surface area contributed by atoms with Gasteiger partial charge in [-0.25, -0.2) is 4.98 Å². The molecule has 0 saturated carbocycles. The highest BCUT2D eigenvalue weighted by Gasteiger charge is 2.12. The highest BCUT2D eigenvalue weighted by atomic mass is 35.5. The Morgan fingerprint density at radius 2 is 2.08 bits per heavy atom. The lowest BCUT2D eigenvalue weighted by atomic mass is 10.1. The molecule has 0 radical (unpaired) electrons. The molecule has 1 aromatic heterocycles. The number of aromatic nitrogens is 1. The molecule has 7 nitrogen and oxygen atoms in total. The van der Waals surface area contributed by atoms with E-state index in [2.05, 4.69) is 15.6 Å². The Bertz CT molecular complexity index is 720. The average molecular weight is 371 g/mol. The van der Waals surface area contributed by atoms with Crippen LogP contribution in [-0.4, -0.2) is 37.0 Å². The highest BCUT2D eigenvalue weighted by Crippen LogP contribution is 2.32. The Balaban J connectivity index is 0.00000288. The monoisotopic (exact) mass is 370 g/mol. The number of aryl methyl sites for hydroxylation is 1. The molecule has 0 unspecified atom stereocenters. The van der Waals surface area contributed by atoms with Gasteiger partial charge in [-0.05, 0) is 19.1 Å². The summed E-state index contributed by atoms with van der Waals surface area (Å²) in [7, 11) is 1.60. The van der Waals surface area contributed by atoms with Gasteiger partial charge in [-0.1, -0.05) is 11.6 Å². The molecule has 0 aliphatic carbocycles. The van der Waals surface area contributed by atoms with E-state index in [4.69, 9.17) is 10.5 Å². The Labute approximate surface area is 150 Å². The molecule has 9 heteroatoms. The van der Waals surface area contributed by atoms with Crippen LogP contribution >= 0.6 is 23.7 Å². The lowest BCUT2D eigenvalue weighted by Crippen LogP contribution is -2.36. The summed E-state index contributed by atoms with van der Waals surface area (Å²) in [6.45, 7) is 1.69. The normalized spacial score (nSPS) is 9.79. The summed E-state index contributed by atoms with van der Waals surface area (Å²) in [6, 6.07) is 5.81. The van der Waals surface area contributed by atoms with Gasteiger partial charge in [-0.15, -0.1) is 23.7 Å². The first-order chi connectivity index (χ1) is 11.0. The third-order valence-corrected chi connectivity index (χ3v) is 3.77. The minimum Gasteiger partial charge on any atom is -0.496 e. The maximum atomic E-state index is 11.7. The molecule has 0 atom stereocenters. The van der Waals surface area contributed by atoms with Gasteiger partial charge in [0.2, 0.25) is 11.8 Å². The van der Waals surface area contributed by atoms with Crippen molar-refractivity contribution in [3.63, 3.8) is 0 Å². The first-order valence-corrected chi connectivity index (χ1v) is 7.78. The molecular weight excluding hydrogens is 352 g/mol. The zero-order valence-electron chi connectivity index (χ0n) is 13.3. The molecule has 130 valence electrons. The van der Waals surface area contributed by atoms with Crippen molar-refractivity contribution in [3.8, 4) is 17.0 Å². The molecule has 0 aliphatic rings. The molecule has 1 aromatic carbocycles. The zero-order chi connectivity index (χ0) is 16.8. The molecular formula is C15H19ClN4O3S. The lowest BCUT2D eigenvalue weighted by Gasteiger charge is -2.07. The van der Waals surface area contributed by atoms with Crippen molar-refractivity contribution < 1.29 is 14.3 Å². The van der Waals surface area contributed by atoms with E-state index in [0.29, 0.717) is 10.9 Å². The van der Waals surface area contributed by atoms with Gasteiger partial charge in [-0.2, -0.15) is 0 Å². The van der Waals surface area contributed by atoms with Gasteiger partial charge in [0.05, 0.1) is 25.9 Å². The summed E-state index contributed by atoms with van der Waals surface area (Å²) in [6.07, 6.45) is 0. The average Bonchev–Trinajstić information content (AvgIpc) is 3.00. The van der Waals surface area contributed by atoms with Crippen LogP contribution in [0.1, 0.15) is 5.56 Å². The topological polar surface area (TPSA) is 106 Å². The predicted octanol–water partition coefficient (Wildman–Crippen LogP) is 1.56. The van der Waals surface area contributed by atoms with Crippen LogP contribution in [0, 0.1) is 6.92 Å². The number of ether oxygens (including phenoxy) is 1. The molecule has 0 bridgehead atoms. The smallest absolute Gasteiger partial charge is 0.245 e. The number of carbonyl (C=O) groups excluding carboxylic acids is 2. The number of nitrogens with two attached hydrogens (primary N) is 1. The number of thiazole rings is 1. The second-order valence-electron chi connectivity index (χ2n) is 4.77. The van der Waals surface area contributed by atoms with Crippen molar-refractivity contribution >= 4 is 40.7 Å². The molecule has 2 rings (SSSR count). The Morgan fingerprint density at radius 3 is 2.75 bits per heavy atom. The van der Waals surface area contributed by atoms with Crippen LogP contribution in [0.5, 0.6) is 5.75 Å². The lowest BCUT2D eigenvalue weighted by molar-refractivity contribution is -0.123. The number of carbonyl (C=O) groups is 2. The SMILES string of the molecule is COc1ccc(C)cc1-c1csc(NC(=O)CNC(=O)CN)n1.Cl. The third kappa shape index (κ3) is 5.19. The van der Waals surface area contributed by atoms with E-state index in [1.54, 1.807) is 7.11 Å². The van der Waals surface area contributed by atoms with Crippen molar-refractivity contribution in [2.75, 3.05) is 25.5 Å². The fraction of sp³-hybridized carbons (Fsp3) is 0.267. The van der Waals surface area contributed by atoms with Crippen LogP contribution in [0.15, 0.2) is 23.6 Å². The second kappa shape index (κ2) is 9.21. The number of nitrogens with zero attached hydrogens (tertiary/aromatic N) is 1. The number of anilines is 1. The number of hydrogen-bond donors (Lipinski definition) is 3. The summed E-state index contributed by atoms with van der Waals surface area (Å²) in [5.41, 5.74) is 7.82. The first kappa shape index (κ1) is 19.9. The zero-order valence-corrected chi connectivity index (χ0v) is 14.9. The van der Waals surface area contributed by atoms with Gasteiger partial charge in [0, 0.05) is 10.9 Å². The summed E-state index contributed by atoms with van der Waals surface area (Å²) in [4.78, 5) is 27.1. The summed E-state index contributed by atoms with van der Waals surface area (Å²) >= 11 is 1.30. The maximum Gasteiger partial charge on any atom is 0.245 e. The van der Waals surface area contributed by atoms with Crippen LogP contribution < -0.4 is 21.1 Å². The number of benzene rings is 1. The quantitative estimate of drug-likeness (QED) is 0.715. The number of methoxy groups -OCH3 is 1. The van der Waals surface area contributed by atoms with E-state index < -0.39 is 0 Å². The molecule has 2 amide bonds. The van der Waals surface area contributed by atoms with Crippen LogP contribution in [0.3, 0.4) is 0 Å². The Hall–Kier alpha value is -2.16. The molecule has 1 heterocycles. The molecule has 2 aromatic rings. The van der Waals surface area contributed by atoms with Crippen molar-refractivity contribution in [1.82, 2.24) is 10.3 Å². The van der Waals surface area contributed by atoms with E-state index in [1.807, 2.05) is 30.5 Å². The molecule has 24 heavy (non-hydrogen) atoms. The number of hydrogen-bond acceptors (Lipinski definition) is 6. The Morgan fingerprint density at radius 1 is 1.33 bits per heavy atom. The molecule has 4 N–H and O–H groups in total. The van der Waals surface area contributed by atoms with Crippen molar-refractivity contribution in [3.05, 3.63) is 29.1 Å². The third-order valence-electron chi connectivity index (χ3n) is 3.01. The van der Waals surface area contributed by atoms with Gasteiger partial charge in [0.1, 0.15) is 5.75 Å². The van der Waals surface area contributed by atoms with Crippen LogP contribution in [-0.2, 0) is 9.59 Å². The van der Waals surface area contributed by atoms with Gasteiger partial charge < -0.3 is 21.1 Å². The molecule has 0 aliphatic heterocycles. The van der Waals surface area contributed by atoms with Gasteiger partial charge in [0.15, 0.2) is 5.13 Å². The molecule has 0 saturated heterocycles. The van der Waals surface area contributed by atoms with E-state index in [1.165, 1.54) is 11.3 Å². The largest absolute Gasteiger partial charge is 0.496 e. The minimum atomic E-state index is -0.385. The van der Waals surface area contributed by atoms with Crippen molar-refractivity contribution in [2.24, 2.45) is 5.73 Å². The maximum absolute atomic E-state index is 11.7. The van der Waals surface area contributed by atoms with Crippen molar-refractivity contribution in [1.29, 1.82) is 0 Å². The van der Waals surface area contributed by atoms with E-state index in [9.17, 15) is 9.59 Å². The summed E-state index contributed by atoms with van der Waals surface area (Å²) in [5.74, 6) is -0.0256. The van der Waals surface area contributed by atoms with E-state index >= 15 is 0 Å². The second-order valence-corrected chi connectivity index (χ2v) is 5.63. The number of rotatable bonds is 6. The van der Waals surface area contributed by atoms with Gasteiger partial charge in [-0.3, -0.25) is 9.59 Å². The van der Waals surface area contributed by atoms with E-state index in [-0.39, 0.29) is 37.3 Å². The van der Waals surface area contributed by atoms with Crippen LogP contribution in [0.4, 0.5) is 5.13 Å². The number of amides is 2. The summed E-state index contributed by atoms with van der Waals surface area (Å²) < 4.78 is 5.34. The predicted molar refractivity (Wildman–Crippen MR) is 96.8 cm³/mol. The van der Waals surface area contributed by atoms with Gasteiger partial charge in [0.25, 0.3) is 0 Å². The minimum absolute atomic E-state index is 0. The highest BCUT2D eigenvalue weighted by molar-refractivity contribution is 7.14. The van der Waals surface area contributed by atoms with E-state index in [0.717, 1.165) is 16.8 Å². The number of halogens is 1. The van der Waals surface area contributed by atoms with Gasteiger partial charge >= 0.3 is 0 Å². The fourth-order valence-electron chi connectivity index (χ4n) is 1.89.